The lowest BCUT2D eigenvalue weighted by Crippen LogP contribution is -2.41. The highest BCUT2D eigenvalue weighted by atomic mass is 16.5. The number of hydrogen-bond donors (Lipinski definition) is 1. The fraction of sp³-hybridized carbons (Fsp3) is 0.632. The van der Waals surface area contributed by atoms with E-state index < -0.39 is 0 Å². The van der Waals surface area contributed by atoms with Gasteiger partial charge in [-0.15, -0.1) is 0 Å². The van der Waals surface area contributed by atoms with Crippen LogP contribution in [0, 0.1) is 19.8 Å². The van der Waals surface area contributed by atoms with E-state index in [1.165, 1.54) is 5.56 Å². The minimum absolute atomic E-state index is 0.220. The summed E-state index contributed by atoms with van der Waals surface area (Å²) < 4.78 is 5.80. The van der Waals surface area contributed by atoms with Crippen molar-refractivity contribution in [3.63, 3.8) is 0 Å². The molecule has 1 aromatic rings. The highest BCUT2D eigenvalue weighted by Crippen LogP contribution is 2.20. The van der Waals surface area contributed by atoms with Crippen molar-refractivity contribution in [1.82, 2.24) is 10.2 Å². The SMILES string of the molecule is CCNCC1CCN(C(=O)CCOc2cc(C)ccc2C)CC1. The maximum Gasteiger partial charge on any atom is 0.225 e. The molecule has 0 radical (unpaired) electrons. The first-order valence-corrected chi connectivity index (χ1v) is 8.78. The number of carbonyl (C=O) groups excluding carboxylic acids is 1. The summed E-state index contributed by atoms with van der Waals surface area (Å²) in [5, 5.41) is 3.40. The third kappa shape index (κ3) is 5.54. The number of carbonyl (C=O) groups is 1. The molecule has 0 aliphatic carbocycles. The van der Waals surface area contributed by atoms with E-state index in [2.05, 4.69) is 31.3 Å². The second kappa shape index (κ2) is 8.92. The Bertz CT molecular complexity index is 508. The van der Waals surface area contributed by atoms with Gasteiger partial charge in [0.05, 0.1) is 13.0 Å². The molecule has 1 aliphatic rings. The minimum atomic E-state index is 0.220. The first-order valence-electron chi connectivity index (χ1n) is 8.78. The predicted octanol–water partition coefficient (Wildman–Crippen LogP) is 2.92. The van der Waals surface area contributed by atoms with Crippen LogP contribution in [0.1, 0.15) is 37.3 Å². The van der Waals surface area contributed by atoms with Gasteiger partial charge in [-0.25, -0.2) is 0 Å². The van der Waals surface area contributed by atoms with Gasteiger partial charge in [0, 0.05) is 13.1 Å². The highest BCUT2D eigenvalue weighted by molar-refractivity contribution is 5.76. The highest BCUT2D eigenvalue weighted by Gasteiger charge is 2.22. The summed E-state index contributed by atoms with van der Waals surface area (Å²) in [5.74, 6) is 1.82. The van der Waals surface area contributed by atoms with E-state index >= 15 is 0 Å². The van der Waals surface area contributed by atoms with Crippen LogP contribution < -0.4 is 10.1 Å². The molecular weight excluding hydrogens is 288 g/mol. The van der Waals surface area contributed by atoms with Crippen molar-refractivity contribution in [2.24, 2.45) is 5.92 Å². The van der Waals surface area contributed by atoms with Crippen LogP contribution in [0.3, 0.4) is 0 Å². The molecule has 23 heavy (non-hydrogen) atoms. The van der Waals surface area contributed by atoms with E-state index in [4.69, 9.17) is 4.74 Å². The summed E-state index contributed by atoms with van der Waals surface area (Å²) >= 11 is 0. The smallest absolute Gasteiger partial charge is 0.225 e. The van der Waals surface area contributed by atoms with Crippen LogP contribution in [-0.2, 0) is 4.79 Å². The van der Waals surface area contributed by atoms with Crippen molar-refractivity contribution in [2.45, 2.75) is 40.0 Å². The van der Waals surface area contributed by atoms with E-state index in [-0.39, 0.29) is 5.91 Å². The van der Waals surface area contributed by atoms with Crippen molar-refractivity contribution in [2.75, 3.05) is 32.8 Å². The first kappa shape index (κ1) is 17.8. The molecule has 128 valence electrons. The Labute approximate surface area is 140 Å². The van der Waals surface area contributed by atoms with Gasteiger partial charge in [-0.2, -0.15) is 0 Å². The van der Waals surface area contributed by atoms with Gasteiger partial charge >= 0.3 is 0 Å². The summed E-state index contributed by atoms with van der Waals surface area (Å²) in [6.45, 7) is 10.6. The molecular formula is C19H30N2O2. The molecule has 1 aliphatic heterocycles. The molecule has 1 aromatic carbocycles. The Morgan fingerprint density at radius 1 is 1.30 bits per heavy atom. The van der Waals surface area contributed by atoms with Crippen LogP contribution >= 0.6 is 0 Å². The molecule has 4 nitrogen and oxygen atoms in total. The Morgan fingerprint density at radius 3 is 2.74 bits per heavy atom. The molecule has 0 spiro atoms. The number of ether oxygens (including phenoxy) is 1. The number of piperidine rings is 1. The second-order valence-electron chi connectivity index (χ2n) is 6.50. The van der Waals surface area contributed by atoms with Crippen molar-refractivity contribution in [3.8, 4) is 5.75 Å². The molecule has 0 saturated carbocycles. The normalized spacial score (nSPS) is 15.7. The average molecular weight is 318 g/mol. The second-order valence-corrected chi connectivity index (χ2v) is 6.50. The lowest BCUT2D eigenvalue weighted by atomic mass is 9.96. The molecule has 2 rings (SSSR count). The largest absolute Gasteiger partial charge is 0.493 e. The maximum atomic E-state index is 12.3. The molecule has 0 atom stereocenters. The number of benzene rings is 1. The molecule has 4 heteroatoms. The molecule has 1 amide bonds. The fourth-order valence-corrected chi connectivity index (χ4v) is 3.00. The topological polar surface area (TPSA) is 41.6 Å². The Hall–Kier alpha value is -1.55. The molecule has 0 unspecified atom stereocenters. The molecule has 1 heterocycles. The summed E-state index contributed by atoms with van der Waals surface area (Å²) in [6, 6.07) is 6.17. The van der Waals surface area contributed by atoms with E-state index in [0.717, 1.165) is 50.3 Å². The molecule has 1 saturated heterocycles. The number of nitrogens with one attached hydrogen (secondary N) is 1. The zero-order valence-electron chi connectivity index (χ0n) is 14.7. The van der Waals surface area contributed by atoms with Crippen LogP contribution in [-0.4, -0.2) is 43.6 Å². The zero-order valence-corrected chi connectivity index (χ0v) is 14.7. The fourth-order valence-electron chi connectivity index (χ4n) is 3.00. The summed E-state index contributed by atoms with van der Waals surface area (Å²) in [5.41, 5.74) is 2.30. The monoisotopic (exact) mass is 318 g/mol. The lowest BCUT2D eigenvalue weighted by Gasteiger charge is -2.32. The van der Waals surface area contributed by atoms with Crippen LogP contribution in [0.25, 0.3) is 0 Å². The van der Waals surface area contributed by atoms with Crippen LogP contribution in [0.5, 0.6) is 5.75 Å². The number of hydrogen-bond acceptors (Lipinski definition) is 3. The molecule has 1 fully saturated rings. The standard InChI is InChI=1S/C19H30N2O2/c1-4-20-14-17-7-10-21(11-8-17)19(22)9-12-23-18-13-15(2)5-6-16(18)3/h5-6,13,17,20H,4,7-12,14H2,1-3H3. The number of likely N-dealkylation sites (tertiary alicyclic amines) is 1. The summed E-state index contributed by atoms with van der Waals surface area (Å²) in [6.07, 6.45) is 2.68. The summed E-state index contributed by atoms with van der Waals surface area (Å²) in [7, 11) is 0. The Morgan fingerprint density at radius 2 is 2.04 bits per heavy atom. The lowest BCUT2D eigenvalue weighted by molar-refractivity contribution is -0.133. The van der Waals surface area contributed by atoms with Crippen molar-refractivity contribution >= 4 is 5.91 Å². The molecule has 0 bridgehead atoms. The molecule has 1 N–H and O–H groups in total. The van der Waals surface area contributed by atoms with Gasteiger partial charge in [-0.05, 0) is 62.9 Å². The van der Waals surface area contributed by atoms with Crippen molar-refractivity contribution in [1.29, 1.82) is 0 Å². The predicted molar refractivity (Wildman–Crippen MR) is 93.9 cm³/mol. The van der Waals surface area contributed by atoms with Crippen LogP contribution in [0.4, 0.5) is 0 Å². The van der Waals surface area contributed by atoms with E-state index in [0.29, 0.717) is 18.9 Å². The Kier molecular flexibility index (Phi) is 6.90. The maximum absolute atomic E-state index is 12.3. The average Bonchev–Trinajstić information content (AvgIpc) is 2.56. The van der Waals surface area contributed by atoms with Gasteiger partial charge in [0.15, 0.2) is 0 Å². The van der Waals surface area contributed by atoms with Gasteiger partial charge < -0.3 is 15.0 Å². The van der Waals surface area contributed by atoms with E-state index in [9.17, 15) is 4.79 Å². The van der Waals surface area contributed by atoms with E-state index in [1.807, 2.05) is 17.9 Å². The quantitative estimate of drug-likeness (QED) is 0.840. The number of aryl methyl sites for hydroxylation is 2. The van der Waals surface area contributed by atoms with Gasteiger partial charge in [0.2, 0.25) is 5.91 Å². The third-order valence-corrected chi connectivity index (χ3v) is 4.57. The van der Waals surface area contributed by atoms with Crippen LogP contribution in [0.2, 0.25) is 0 Å². The third-order valence-electron chi connectivity index (χ3n) is 4.57. The number of amides is 1. The van der Waals surface area contributed by atoms with E-state index in [1.54, 1.807) is 0 Å². The number of rotatable bonds is 7. The first-order chi connectivity index (χ1) is 11.1. The van der Waals surface area contributed by atoms with Crippen molar-refractivity contribution < 1.29 is 9.53 Å². The summed E-state index contributed by atoms with van der Waals surface area (Å²) in [4.78, 5) is 14.3. The zero-order chi connectivity index (χ0) is 16.7. The minimum Gasteiger partial charge on any atom is -0.493 e. The van der Waals surface area contributed by atoms with Gasteiger partial charge in [-0.3, -0.25) is 4.79 Å². The van der Waals surface area contributed by atoms with Gasteiger partial charge in [0.1, 0.15) is 5.75 Å². The van der Waals surface area contributed by atoms with Gasteiger partial charge in [-0.1, -0.05) is 19.1 Å². The number of nitrogens with zero attached hydrogens (tertiary/aromatic N) is 1. The van der Waals surface area contributed by atoms with Crippen LogP contribution in [0.15, 0.2) is 18.2 Å². The van der Waals surface area contributed by atoms with Crippen molar-refractivity contribution in [3.05, 3.63) is 29.3 Å². The Balaban J connectivity index is 1.70. The van der Waals surface area contributed by atoms with Gasteiger partial charge in [0.25, 0.3) is 0 Å². The molecule has 0 aromatic heterocycles.